The molecular formula is C19H25ClN2O. The zero-order chi connectivity index (χ0) is 15.9. The van der Waals surface area contributed by atoms with Gasteiger partial charge in [0.25, 0.3) is 0 Å². The van der Waals surface area contributed by atoms with Crippen molar-refractivity contribution < 1.29 is 4.79 Å². The average molecular weight is 333 g/mol. The van der Waals surface area contributed by atoms with Crippen molar-refractivity contribution in [1.82, 2.24) is 5.32 Å². The molecular weight excluding hydrogens is 308 g/mol. The van der Waals surface area contributed by atoms with Crippen LogP contribution < -0.4 is 11.1 Å². The number of carbonyl (C=O) groups excluding carboxylic acids is 1. The van der Waals surface area contributed by atoms with Crippen molar-refractivity contribution >= 4 is 18.3 Å². The number of halogens is 1. The fourth-order valence-corrected chi connectivity index (χ4v) is 2.30. The maximum Gasteiger partial charge on any atom is 0.237 e. The molecule has 23 heavy (non-hydrogen) atoms. The Morgan fingerprint density at radius 2 is 1.61 bits per heavy atom. The molecule has 0 unspecified atom stereocenters. The van der Waals surface area contributed by atoms with Crippen LogP contribution in [0.3, 0.4) is 0 Å². The number of amides is 1. The van der Waals surface area contributed by atoms with Gasteiger partial charge in [-0.25, -0.2) is 0 Å². The lowest BCUT2D eigenvalue weighted by atomic mass is 10.0. The quantitative estimate of drug-likeness (QED) is 0.851. The van der Waals surface area contributed by atoms with Gasteiger partial charge in [0.15, 0.2) is 0 Å². The van der Waals surface area contributed by atoms with E-state index in [-0.39, 0.29) is 18.3 Å². The van der Waals surface area contributed by atoms with E-state index in [4.69, 9.17) is 5.73 Å². The number of hydrogen-bond donors (Lipinski definition) is 2. The van der Waals surface area contributed by atoms with Crippen molar-refractivity contribution in [2.75, 3.05) is 0 Å². The minimum absolute atomic E-state index is 0. The lowest BCUT2D eigenvalue weighted by Crippen LogP contribution is -2.41. The minimum atomic E-state index is -0.516. The average Bonchev–Trinajstić information content (AvgIpc) is 2.53. The molecule has 3 nitrogen and oxygen atoms in total. The molecule has 0 radical (unpaired) electrons. The Hall–Kier alpha value is -1.84. The van der Waals surface area contributed by atoms with Crippen molar-refractivity contribution in [3.8, 4) is 0 Å². The molecule has 0 aliphatic heterocycles. The van der Waals surface area contributed by atoms with Crippen molar-refractivity contribution in [3.63, 3.8) is 0 Å². The molecule has 2 aromatic rings. The first kappa shape index (κ1) is 19.2. The predicted molar refractivity (Wildman–Crippen MR) is 97.7 cm³/mol. The summed E-state index contributed by atoms with van der Waals surface area (Å²) in [6.07, 6.45) is 0.555. The predicted octanol–water partition coefficient (Wildman–Crippen LogP) is 3.42. The molecule has 0 aliphatic carbocycles. The Bertz CT molecular complexity index is 597. The molecule has 0 heterocycles. The van der Waals surface area contributed by atoms with Gasteiger partial charge in [0.05, 0.1) is 6.04 Å². The fraction of sp³-hybridized carbons (Fsp3) is 0.316. The molecule has 4 heteroatoms. The number of nitrogens with two attached hydrogens (primary N) is 1. The van der Waals surface area contributed by atoms with Gasteiger partial charge in [0.1, 0.15) is 0 Å². The summed E-state index contributed by atoms with van der Waals surface area (Å²) in [6.45, 7) is 4.85. The van der Waals surface area contributed by atoms with Crippen LogP contribution in [0.15, 0.2) is 54.6 Å². The summed E-state index contributed by atoms with van der Waals surface area (Å²) < 4.78 is 0. The number of nitrogens with one attached hydrogen (secondary N) is 1. The van der Waals surface area contributed by atoms with Gasteiger partial charge in [-0.3, -0.25) is 4.79 Å². The van der Waals surface area contributed by atoms with Crippen molar-refractivity contribution in [2.45, 2.75) is 38.8 Å². The molecule has 0 bridgehead atoms. The zero-order valence-corrected chi connectivity index (χ0v) is 14.5. The van der Waals surface area contributed by atoms with E-state index in [1.807, 2.05) is 30.3 Å². The highest BCUT2D eigenvalue weighted by Crippen LogP contribution is 2.14. The third-order valence-electron chi connectivity index (χ3n) is 3.75. The molecule has 2 rings (SSSR count). The van der Waals surface area contributed by atoms with Gasteiger partial charge < -0.3 is 11.1 Å². The van der Waals surface area contributed by atoms with Crippen molar-refractivity contribution in [2.24, 2.45) is 5.73 Å². The molecule has 0 saturated heterocycles. The van der Waals surface area contributed by atoms with Gasteiger partial charge in [0.2, 0.25) is 5.91 Å². The molecule has 2 aromatic carbocycles. The first-order valence-corrected chi connectivity index (χ1v) is 7.72. The topological polar surface area (TPSA) is 55.1 Å². The minimum Gasteiger partial charge on any atom is -0.351 e. The molecule has 1 amide bonds. The molecule has 0 spiro atoms. The summed E-state index contributed by atoms with van der Waals surface area (Å²) >= 11 is 0. The molecule has 0 fully saturated rings. The second-order valence-electron chi connectivity index (χ2n) is 5.91. The summed E-state index contributed by atoms with van der Waals surface area (Å²) in [5, 5.41) is 2.90. The summed E-state index contributed by atoms with van der Waals surface area (Å²) in [4.78, 5) is 12.1. The van der Waals surface area contributed by atoms with Gasteiger partial charge in [-0.1, -0.05) is 68.4 Å². The third kappa shape index (κ3) is 6.05. The van der Waals surface area contributed by atoms with Crippen molar-refractivity contribution in [3.05, 3.63) is 71.3 Å². The SMILES string of the molecule is CC(C)c1ccc(CNC(=O)[C@@H](N)Cc2ccccc2)cc1.Cl. The van der Waals surface area contributed by atoms with Crippen LogP contribution in [0.1, 0.15) is 36.5 Å². The van der Waals surface area contributed by atoms with Gasteiger partial charge in [-0.15, -0.1) is 12.4 Å². The monoisotopic (exact) mass is 332 g/mol. The smallest absolute Gasteiger partial charge is 0.237 e. The van der Waals surface area contributed by atoms with E-state index >= 15 is 0 Å². The third-order valence-corrected chi connectivity index (χ3v) is 3.75. The van der Waals surface area contributed by atoms with Crippen LogP contribution in [-0.4, -0.2) is 11.9 Å². The number of hydrogen-bond acceptors (Lipinski definition) is 2. The Morgan fingerprint density at radius 1 is 1.00 bits per heavy atom. The lowest BCUT2D eigenvalue weighted by molar-refractivity contribution is -0.122. The van der Waals surface area contributed by atoms with Gasteiger partial charge in [-0.2, -0.15) is 0 Å². The van der Waals surface area contributed by atoms with E-state index < -0.39 is 6.04 Å². The van der Waals surface area contributed by atoms with E-state index in [9.17, 15) is 4.79 Å². The van der Waals surface area contributed by atoms with E-state index in [0.717, 1.165) is 11.1 Å². The largest absolute Gasteiger partial charge is 0.351 e. The Balaban J connectivity index is 0.00000264. The number of benzene rings is 2. The van der Waals surface area contributed by atoms with Crippen LogP contribution in [0.2, 0.25) is 0 Å². The van der Waals surface area contributed by atoms with Crippen LogP contribution in [0.5, 0.6) is 0 Å². The van der Waals surface area contributed by atoms with E-state index in [0.29, 0.717) is 18.9 Å². The number of rotatable bonds is 6. The highest BCUT2D eigenvalue weighted by molar-refractivity contribution is 5.85. The molecule has 0 saturated carbocycles. The normalized spacial score (nSPS) is 11.7. The summed E-state index contributed by atoms with van der Waals surface area (Å²) in [7, 11) is 0. The van der Waals surface area contributed by atoms with Crippen LogP contribution >= 0.6 is 12.4 Å². The molecule has 1 atom stereocenters. The van der Waals surface area contributed by atoms with Gasteiger partial charge in [-0.05, 0) is 29.0 Å². The summed E-state index contributed by atoms with van der Waals surface area (Å²) in [5.74, 6) is 0.403. The van der Waals surface area contributed by atoms with E-state index in [2.05, 4.69) is 43.4 Å². The second kappa shape index (κ2) is 9.33. The Morgan fingerprint density at radius 3 is 2.17 bits per heavy atom. The molecule has 0 aliphatic rings. The Kier molecular flexibility index (Phi) is 7.79. The molecule has 3 N–H and O–H groups in total. The zero-order valence-electron chi connectivity index (χ0n) is 13.7. The standard InChI is InChI=1S/C19H24N2O.ClH/c1-14(2)17-10-8-16(9-11-17)13-21-19(22)18(20)12-15-6-4-3-5-7-15;/h3-11,14,18H,12-13,20H2,1-2H3,(H,21,22);1H/t18-;/m0./s1. The maximum absolute atomic E-state index is 12.1. The van der Waals surface area contributed by atoms with Crippen LogP contribution in [0, 0.1) is 0 Å². The van der Waals surface area contributed by atoms with Crippen molar-refractivity contribution in [1.29, 1.82) is 0 Å². The van der Waals surface area contributed by atoms with Crippen LogP contribution in [-0.2, 0) is 17.8 Å². The Labute approximate surface area is 144 Å². The van der Waals surface area contributed by atoms with Gasteiger partial charge in [0, 0.05) is 6.54 Å². The van der Waals surface area contributed by atoms with E-state index in [1.165, 1.54) is 5.56 Å². The van der Waals surface area contributed by atoms with E-state index in [1.54, 1.807) is 0 Å². The van der Waals surface area contributed by atoms with Gasteiger partial charge >= 0.3 is 0 Å². The summed E-state index contributed by atoms with van der Waals surface area (Å²) in [6, 6.07) is 17.6. The summed E-state index contributed by atoms with van der Waals surface area (Å²) in [5.41, 5.74) is 9.43. The number of carbonyl (C=O) groups is 1. The highest BCUT2D eigenvalue weighted by Gasteiger charge is 2.13. The van der Waals surface area contributed by atoms with Crippen LogP contribution in [0.25, 0.3) is 0 Å². The second-order valence-corrected chi connectivity index (χ2v) is 5.91. The fourth-order valence-electron chi connectivity index (χ4n) is 2.30. The highest BCUT2D eigenvalue weighted by atomic mass is 35.5. The molecule has 0 aromatic heterocycles. The van der Waals surface area contributed by atoms with Crippen LogP contribution in [0.4, 0.5) is 0 Å². The lowest BCUT2D eigenvalue weighted by Gasteiger charge is -2.13. The molecule has 124 valence electrons. The first-order valence-electron chi connectivity index (χ1n) is 7.72. The first-order chi connectivity index (χ1) is 10.6. The maximum atomic E-state index is 12.1.